The van der Waals surface area contributed by atoms with Crippen LogP contribution in [0.1, 0.15) is 38.2 Å². The molecule has 0 aliphatic heterocycles. The van der Waals surface area contributed by atoms with Crippen molar-refractivity contribution in [2.75, 3.05) is 0 Å². The van der Waals surface area contributed by atoms with Gasteiger partial charge < -0.3 is 0 Å². The minimum absolute atomic E-state index is 0.199. The summed E-state index contributed by atoms with van der Waals surface area (Å²) in [5, 5.41) is 0. The molecule has 0 fully saturated rings. The van der Waals surface area contributed by atoms with Gasteiger partial charge in [-0.3, -0.25) is 4.79 Å². The molecule has 0 saturated carbocycles. The number of carbonyl (C=O) groups is 1. The van der Waals surface area contributed by atoms with Gasteiger partial charge in [0.25, 0.3) is 0 Å². The predicted octanol–water partition coefficient (Wildman–Crippen LogP) is 4.35. The molecular formula is C18H20O. The average Bonchev–Trinajstić information content (AvgIpc) is 2.36. The number of Topliss-reactive ketones (excluding diaryl/α,β-unsaturated/α-hetero) is 1. The second-order valence-electron chi connectivity index (χ2n) is 5.34. The quantitative estimate of drug-likeness (QED) is 0.742. The highest BCUT2D eigenvalue weighted by Crippen LogP contribution is 2.17. The second-order valence-corrected chi connectivity index (χ2v) is 5.34. The molecular weight excluding hydrogens is 232 g/mol. The van der Waals surface area contributed by atoms with Crippen LogP contribution in [0.4, 0.5) is 0 Å². The number of rotatable bonds is 3. The van der Waals surface area contributed by atoms with Crippen LogP contribution in [0.25, 0.3) is 0 Å². The summed E-state index contributed by atoms with van der Waals surface area (Å²) in [6.07, 6.45) is 0.476. The lowest BCUT2D eigenvalue weighted by Crippen LogP contribution is -2.06. The van der Waals surface area contributed by atoms with Crippen molar-refractivity contribution < 1.29 is 4.79 Å². The molecule has 0 saturated heterocycles. The van der Waals surface area contributed by atoms with E-state index in [1.807, 2.05) is 25.1 Å². The van der Waals surface area contributed by atoms with Crippen LogP contribution in [-0.4, -0.2) is 5.78 Å². The first-order valence-corrected chi connectivity index (χ1v) is 6.64. The smallest absolute Gasteiger partial charge is 0.167 e. The van der Waals surface area contributed by atoms with E-state index in [9.17, 15) is 4.79 Å². The van der Waals surface area contributed by atoms with E-state index in [0.29, 0.717) is 6.42 Å². The summed E-state index contributed by atoms with van der Waals surface area (Å²) >= 11 is 0. The van der Waals surface area contributed by atoms with Gasteiger partial charge in [-0.15, -0.1) is 0 Å². The first-order valence-electron chi connectivity index (χ1n) is 6.64. The fraction of sp³-hybridized carbons (Fsp3) is 0.278. The molecule has 2 rings (SSSR count). The van der Waals surface area contributed by atoms with E-state index in [0.717, 1.165) is 16.7 Å². The number of hydrogen-bond donors (Lipinski definition) is 0. The monoisotopic (exact) mass is 252 g/mol. The van der Waals surface area contributed by atoms with Gasteiger partial charge in [0, 0.05) is 12.0 Å². The van der Waals surface area contributed by atoms with E-state index >= 15 is 0 Å². The Morgan fingerprint density at radius 3 is 2.05 bits per heavy atom. The van der Waals surface area contributed by atoms with E-state index < -0.39 is 0 Å². The molecule has 1 heteroatoms. The standard InChI is InChI=1S/C18H20O/c1-12-5-7-16(8-6-12)11-18(19)17-10-14(3)13(2)9-15(17)4/h5-10H,11H2,1-4H3. The van der Waals surface area contributed by atoms with Crippen molar-refractivity contribution >= 4 is 5.78 Å². The van der Waals surface area contributed by atoms with Crippen molar-refractivity contribution in [3.8, 4) is 0 Å². The molecule has 0 amide bonds. The minimum Gasteiger partial charge on any atom is -0.294 e. The molecule has 0 heterocycles. The number of ketones is 1. The Hall–Kier alpha value is -1.89. The van der Waals surface area contributed by atoms with E-state index in [1.165, 1.54) is 16.7 Å². The first-order chi connectivity index (χ1) is 8.97. The van der Waals surface area contributed by atoms with Crippen molar-refractivity contribution in [2.24, 2.45) is 0 Å². The van der Waals surface area contributed by atoms with Crippen LogP contribution in [0.2, 0.25) is 0 Å². The van der Waals surface area contributed by atoms with Gasteiger partial charge in [-0.25, -0.2) is 0 Å². The van der Waals surface area contributed by atoms with E-state index in [2.05, 4.69) is 39.0 Å². The van der Waals surface area contributed by atoms with Crippen LogP contribution in [-0.2, 0) is 6.42 Å². The van der Waals surface area contributed by atoms with E-state index in [1.54, 1.807) is 0 Å². The first kappa shape index (κ1) is 13.5. The molecule has 0 unspecified atom stereocenters. The van der Waals surface area contributed by atoms with Crippen LogP contribution in [0.15, 0.2) is 36.4 Å². The molecule has 0 atom stereocenters. The van der Waals surface area contributed by atoms with Gasteiger partial charge in [-0.1, -0.05) is 35.9 Å². The Bertz CT molecular complexity index is 606. The highest BCUT2D eigenvalue weighted by Gasteiger charge is 2.11. The average molecular weight is 252 g/mol. The summed E-state index contributed by atoms with van der Waals surface area (Å²) in [5.74, 6) is 0.199. The Kier molecular flexibility index (Phi) is 3.84. The molecule has 0 bridgehead atoms. The molecule has 98 valence electrons. The lowest BCUT2D eigenvalue weighted by atomic mass is 9.95. The second kappa shape index (κ2) is 5.40. The van der Waals surface area contributed by atoms with E-state index in [-0.39, 0.29) is 5.78 Å². The van der Waals surface area contributed by atoms with Gasteiger partial charge in [-0.05, 0) is 56.0 Å². The summed E-state index contributed by atoms with van der Waals surface area (Å²) in [5.41, 5.74) is 6.64. The van der Waals surface area contributed by atoms with Crippen molar-refractivity contribution in [3.63, 3.8) is 0 Å². The largest absolute Gasteiger partial charge is 0.294 e. The number of hydrogen-bond acceptors (Lipinski definition) is 1. The zero-order chi connectivity index (χ0) is 14.0. The van der Waals surface area contributed by atoms with Gasteiger partial charge >= 0.3 is 0 Å². The van der Waals surface area contributed by atoms with Gasteiger partial charge in [0.1, 0.15) is 0 Å². The Morgan fingerprint density at radius 1 is 0.842 bits per heavy atom. The Labute approximate surface area is 115 Å². The normalized spacial score (nSPS) is 10.5. The molecule has 0 spiro atoms. The van der Waals surface area contributed by atoms with Gasteiger partial charge in [0.05, 0.1) is 0 Å². The summed E-state index contributed by atoms with van der Waals surface area (Å²) in [4.78, 5) is 12.4. The van der Waals surface area contributed by atoms with E-state index in [4.69, 9.17) is 0 Å². The number of carbonyl (C=O) groups excluding carboxylic acids is 1. The maximum absolute atomic E-state index is 12.4. The molecule has 0 aliphatic carbocycles. The fourth-order valence-corrected chi connectivity index (χ4v) is 2.25. The SMILES string of the molecule is Cc1ccc(CC(=O)c2cc(C)c(C)cc2C)cc1. The van der Waals surface area contributed by atoms with Crippen LogP contribution in [0.3, 0.4) is 0 Å². The molecule has 0 aromatic heterocycles. The molecule has 19 heavy (non-hydrogen) atoms. The highest BCUT2D eigenvalue weighted by atomic mass is 16.1. The Balaban J connectivity index is 2.25. The van der Waals surface area contributed by atoms with Crippen LogP contribution >= 0.6 is 0 Å². The van der Waals surface area contributed by atoms with Crippen molar-refractivity contribution in [2.45, 2.75) is 34.1 Å². The third-order valence-corrected chi connectivity index (χ3v) is 3.63. The van der Waals surface area contributed by atoms with Gasteiger partial charge in [-0.2, -0.15) is 0 Å². The lowest BCUT2D eigenvalue weighted by molar-refractivity contribution is 0.0992. The molecule has 2 aromatic carbocycles. The summed E-state index contributed by atoms with van der Waals surface area (Å²) in [7, 11) is 0. The zero-order valence-electron chi connectivity index (χ0n) is 12.1. The minimum atomic E-state index is 0.199. The highest BCUT2D eigenvalue weighted by molar-refractivity contribution is 5.99. The third kappa shape index (κ3) is 3.11. The number of benzene rings is 2. The molecule has 0 aliphatic rings. The molecule has 0 N–H and O–H groups in total. The fourth-order valence-electron chi connectivity index (χ4n) is 2.25. The molecule has 0 radical (unpaired) electrons. The zero-order valence-corrected chi connectivity index (χ0v) is 12.1. The van der Waals surface area contributed by atoms with Gasteiger partial charge in [0.15, 0.2) is 5.78 Å². The molecule has 1 nitrogen and oxygen atoms in total. The number of aryl methyl sites for hydroxylation is 4. The third-order valence-electron chi connectivity index (χ3n) is 3.63. The summed E-state index contributed by atoms with van der Waals surface area (Å²) in [6.45, 7) is 8.20. The topological polar surface area (TPSA) is 17.1 Å². The molecule has 2 aromatic rings. The van der Waals surface area contributed by atoms with Crippen molar-refractivity contribution in [1.82, 2.24) is 0 Å². The van der Waals surface area contributed by atoms with Crippen molar-refractivity contribution in [1.29, 1.82) is 0 Å². The maximum atomic E-state index is 12.4. The lowest BCUT2D eigenvalue weighted by Gasteiger charge is -2.09. The maximum Gasteiger partial charge on any atom is 0.167 e. The summed E-state index contributed by atoms with van der Waals surface area (Å²) < 4.78 is 0. The van der Waals surface area contributed by atoms with Crippen LogP contribution < -0.4 is 0 Å². The van der Waals surface area contributed by atoms with Crippen molar-refractivity contribution in [3.05, 3.63) is 69.8 Å². The summed E-state index contributed by atoms with van der Waals surface area (Å²) in [6, 6.07) is 12.3. The van der Waals surface area contributed by atoms with Gasteiger partial charge in [0.2, 0.25) is 0 Å². The van der Waals surface area contributed by atoms with Crippen LogP contribution in [0.5, 0.6) is 0 Å². The van der Waals surface area contributed by atoms with Crippen LogP contribution in [0, 0.1) is 27.7 Å². The predicted molar refractivity (Wildman–Crippen MR) is 79.9 cm³/mol. The Morgan fingerprint density at radius 2 is 1.42 bits per heavy atom.